The molecule has 1 aromatic carbocycles. The van der Waals surface area contributed by atoms with E-state index in [-0.39, 0.29) is 5.91 Å². The van der Waals surface area contributed by atoms with Gasteiger partial charge in [-0.3, -0.25) is 4.79 Å². The Kier molecular flexibility index (Phi) is 3.20. The molecule has 2 aliphatic rings. The normalized spacial score (nSPS) is 20.9. The monoisotopic (exact) mass is 300 g/mol. The minimum Gasteiger partial charge on any atom is -0.351 e. The van der Waals surface area contributed by atoms with E-state index in [1.54, 1.807) is 0 Å². The van der Waals surface area contributed by atoms with E-state index in [2.05, 4.69) is 18.0 Å². The third-order valence-electron chi connectivity index (χ3n) is 4.63. The fourth-order valence-corrected chi connectivity index (χ4v) is 3.37. The smallest absolute Gasteiger partial charge is 0.270 e. The van der Waals surface area contributed by atoms with Crippen molar-refractivity contribution >= 4 is 16.8 Å². The summed E-state index contributed by atoms with van der Waals surface area (Å²) in [5, 5.41) is 1.08. The lowest BCUT2D eigenvalue weighted by atomic mass is 10.0. The van der Waals surface area contributed by atoms with Crippen molar-refractivity contribution in [1.82, 2.24) is 9.88 Å². The number of piperidine rings is 1. The minimum atomic E-state index is -0.436. The molecule has 3 heterocycles. The molecule has 2 fully saturated rings. The number of H-pyrrole nitrogens is 1. The maximum atomic E-state index is 12.7. The van der Waals surface area contributed by atoms with Crippen LogP contribution in [0.4, 0.5) is 0 Å². The van der Waals surface area contributed by atoms with Gasteiger partial charge in [-0.25, -0.2) is 0 Å². The zero-order valence-electron chi connectivity index (χ0n) is 12.7. The standard InChI is InChI=1S/C17H20N2O3/c1-12-2-3-14-13(10-12)11-15(18-14)16(20)19-6-4-17(5-7-19)21-8-9-22-17/h2-3,10-11,18H,4-9H2,1H3. The number of hydrogen-bond donors (Lipinski definition) is 1. The van der Waals surface area contributed by atoms with E-state index in [9.17, 15) is 4.79 Å². The maximum Gasteiger partial charge on any atom is 0.270 e. The first-order valence-corrected chi connectivity index (χ1v) is 7.82. The lowest BCUT2D eigenvalue weighted by Crippen LogP contribution is -2.47. The Morgan fingerprint density at radius 2 is 1.91 bits per heavy atom. The molecule has 5 nitrogen and oxygen atoms in total. The average Bonchev–Trinajstić information content (AvgIpc) is 3.14. The second-order valence-corrected chi connectivity index (χ2v) is 6.17. The Morgan fingerprint density at radius 1 is 1.18 bits per heavy atom. The van der Waals surface area contributed by atoms with Crippen LogP contribution >= 0.6 is 0 Å². The van der Waals surface area contributed by atoms with Crippen molar-refractivity contribution in [1.29, 1.82) is 0 Å². The first-order chi connectivity index (χ1) is 10.7. The highest BCUT2D eigenvalue weighted by molar-refractivity contribution is 5.98. The summed E-state index contributed by atoms with van der Waals surface area (Å²) in [4.78, 5) is 17.8. The number of carbonyl (C=O) groups is 1. The Hall–Kier alpha value is -1.85. The molecule has 0 aliphatic carbocycles. The third kappa shape index (κ3) is 2.30. The number of fused-ring (bicyclic) bond motifs is 1. The molecule has 1 amide bonds. The summed E-state index contributed by atoms with van der Waals surface area (Å²) >= 11 is 0. The van der Waals surface area contributed by atoms with Gasteiger partial charge in [0.2, 0.25) is 0 Å². The number of aromatic amines is 1. The first-order valence-electron chi connectivity index (χ1n) is 7.82. The summed E-state index contributed by atoms with van der Waals surface area (Å²) in [5.74, 6) is -0.379. The van der Waals surface area contributed by atoms with Crippen molar-refractivity contribution in [3.8, 4) is 0 Å². The Balaban J connectivity index is 1.51. The van der Waals surface area contributed by atoms with Crippen LogP contribution in [-0.2, 0) is 9.47 Å². The van der Waals surface area contributed by atoms with E-state index in [1.165, 1.54) is 5.56 Å². The lowest BCUT2D eigenvalue weighted by Gasteiger charge is -2.37. The number of amides is 1. The molecule has 2 saturated heterocycles. The highest BCUT2D eigenvalue weighted by Crippen LogP contribution is 2.31. The van der Waals surface area contributed by atoms with E-state index in [4.69, 9.17) is 9.47 Å². The molecular weight excluding hydrogens is 280 g/mol. The molecule has 116 valence electrons. The number of aryl methyl sites for hydroxylation is 1. The van der Waals surface area contributed by atoms with Crippen LogP contribution in [0.1, 0.15) is 28.9 Å². The fourth-order valence-electron chi connectivity index (χ4n) is 3.37. The topological polar surface area (TPSA) is 54.6 Å². The summed E-state index contributed by atoms with van der Waals surface area (Å²) < 4.78 is 11.4. The van der Waals surface area contributed by atoms with Gasteiger partial charge in [0.15, 0.2) is 5.79 Å². The first kappa shape index (κ1) is 13.8. The molecule has 0 saturated carbocycles. The Bertz CT molecular complexity index is 706. The summed E-state index contributed by atoms with van der Waals surface area (Å²) in [7, 11) is 0. The molecule has 0 atom stereocenters. The summed E-state index contributed by atoms with van der Waals surface area (Å²) in [5.41, 5.74) is 2.86. The van der Waals surface area contributed by atoms with Crippen LogP contribution in [0.5, 0.6) is 0 Å². The molecular formula is C17H20N2O3. The third-order valence-corrected chi connectivity index (χ3v) is 4.63. The van der Waals surface area contributed by atoms with Gasteiger partial charge in [0.05, 0.1) is 13.2 Å². The zero-order chi connectivity index (χ0) is 15.2. The van der Waals surface area contributed by atoms with Gasteiger partial charge in [0.1, 0.15) is 5.69 Å². The van der Waals surface area contributed by atoms with E-state index in [0.29, 0.717) is 32.0 Å². The van der Waals surface area contributed by atoms with Gasteiger partial charge in [-0.15, -0.1) is 0 Å². The predicted molar refractivity (Wildman–Crippen MR) is 82.8 cm³/mol. The predicted octanol–water partition coefficient (Wildman–Crippen LogP) is 2.46. The van der Waals surface area contributed by atoms with Gasteiger partial charge >= 0.3 is 0 Å². The van der Waals surface area contributed by atoms with Crippen LogP contribution in [0.25, 0.3) is 10.9 Å². The van der Waals surface area contributed by atoms with Crippen molar-refractivity contribution < 1.29 is 14.3 Å². The molecule has 1 aromatic heterocycles. The lowest BCUT2D eigenvalue weighted by molar-refractivity contribution is -0.181. The minimum absolute atomic E-state index is 0.0571. The number of likely N-dealkylation sites (tertiary alicyclic amines) is 1. The molecule has 4 rings (SSSR count). The van der Waals surface area contributed by atoms with Gasteiger partial charge in [-0.05, 0) is 25.1 Å². The van der Waals surface area contributed by atoms with Crippen LogP contribution in [0.2, 0.25) is 0 Å². The highest BCUT2D eigenvalue weighted by atomic mass is 16.7. The molecule has 0 radical (unpaired) electrons. The Morgan fingerprint density at radius 3 is 2.64 bits per heavy atom. The van der Waals surface area contributed by atoms with Gasteiger partial charge < -0.3 is 19.4 Å². The van der Waals surface area contributed by atoms with Crippen LogP contribution in [0, 0.1) is 6.92 Å². The average molecular weight is 300 g/mol. The van der Waals surface area contributed by atoms with Gasteiger partial charge in [-0.1, -0.05) is 11.6 Å². The van der Waals surface area contributed by atoms with Crippen LogP contribution < -0.4 is 0 Å². The fraction of sp³-hybridized carbons (Fsp3) is 0.471. The number of aromatic nitrogens is 1. The van der Waals surface area contributed by atoms with Crippen molar-refractivity contribution in [2.24, 2.45) is 0 Å². The van der Waals surface area contributed by atoms with Gasteiger partial charge in [0, 0.05) is 36.8 Å². The second kappa shape index (κ2) is 5.11. The number of hydrogen-bond acceptors (Lipinski definition) is 3. The van der Waals surface area contributed by atoms with Crippen LogP contribution in [0.3, 0.4) is 0 Å². The molecule has 2 aromatic rings. The van der Waals surface area contributed by atoms with Crippen molar-refractivity contribution in [3.63, 3.8) is 0 Å². The van der Waals surface area contributed by atoms with Crippen LogP contribution in [0.15, 0.2) is 24.3 Å². The molecule has 5 heteroatoms. The number of nitrogens with zero attached hydrogens (tertiary/aromatic N) is 1. The summed E-state index contributed by atoms with van der Waals surface area (Å²) in [6.07, 6.45) is 1.50. The van der Waals surface area contributed by atoms with E-state index < -0.39 is 5.79 Å². The van der Waals surface area contributed by atoms with Gasteiger partial charge in [0.25, 0.3) is 5.91 Å². The number of benzene rings is 1. The van der Waals surface area contributed by atoms with Crippen molar-refractivity contribution in [2.45, 2.75) is 25.6 Å². The SMILES string of the molecule is Cc1ccc2[nH]c(C(=O)N3CCC4(CC3)OCCO4)cc2c1. The largest absolute Gasteiger partial charge is 0.351 e. The summed E-state index contributed by atoms with van der Waals surface area (Å²) in [6, 6.07) is 8.10. The maximum absolute atomic E-state index is 12.7. The second-order valence-electron chi connectivity index (χ2n) is 6.17. The molecule has 0 bridgehead atoms. The number of carbonyl (C=O) groups excluding carboxylic acids is 1. The number of rotatable bonds is 1. The summed E-state index contributed by atoms with van der Waals surface area (Å²) in [6.45, 7) is 4.73. The van der Waals surface area contributed by atoms with Crippen molar-refractivity contribution in [2.75, 3.05) is 26.3 Å². The van der Waals surface area contributed by atoms with Crippen LogP contribution in [-0.4, -0.2) is 47.9 Å². The molecule has 1 N–H and O–H groups in total. The van der Waals surface area contributed by atoms with Crippen molar-refractivity contribution in [3.05, 3.63) is 35.5 Å². The number of nitrogens with one attached hydrogen (secondary N) is 1. The van der Waals surface area contributed by atoms with Gasteiger partial charge in [-0.2, -0.15) is 0 Å². The quantitative estimate of drug-likeness (QED) is 0.880. The number of ether oxygens (including phenoxy) is 2. The zero-order valence-corrected chi connectivity index (χ0v) is 12.7. The van der Waals surface area contributed by atoms with E-state index in [1.807, 2.05) is 23.1 Å². The molecule has 2 aliphatic heterocycles. The van der Waals surface area contributed by atoms with E-state index >= 15 is 0 Å². The molecule has 1 spiro atoms. The highest BCUT2D eigenvalue weighted by Gasteiger charge is 2.41. The van der Waals surface area contributed by atoms with E-state index in [0.717, 1.165) is 23.7 Å². The molecule has 0 unspecified atom stereocenters. The molecule has 22 heavy (non-hydrogen) atoms. The Labute approximate surface area is 129 Å².